The molecule has 0 saturated heterocycles. The number of hydrogen-bond donors (Lipinski definition) is 1. The Hall–Kier alpha value is -2.41. The molecule has 0 spiro atoms. The highest BCUT2D eigenvalue weighted by Gasteiger charge is 2.17. The van der Waals surface area contributed by atoms with Gasteiger partial charge in [0.15, 0.2) is 0 Å². The third-order valence-electron chi connectivity index (χ3n) is 5.07. The summed E-state index contributed by atoms with van der Waals surface area (Å²) in [6.45, 7) is 10.3. The topological polar surface area (TPSA) is 72.2 Å². The van der Waals surface area contributed by atoms with Gasteiger partial charge in [0.25, 0.3) is 11.7 Å². The van der Waals surface area contributed by atoms with E-state index in [0.717, 1.165) is 23.4 Å². The molecule has 1 aromatic carbocycles. The van der Waals surface area contributed by atoms with Crippen LogP contribution >= 0.6 is 11.8 Å². The summed E-state index contributed by atoms with van der Waals surface area (Å²) in [7, 11) is 0. The Morgan fingerprint density at radius 1 is 1.21 bits per heavy atom. The number of carbonyl (C=O) groups excluding carboxylic acids is 1. The Labute approximate surface area is 170 Å². The highest BCUT2D eigenvalue weighted by Crippen LogP contribution is 2.23. The van der Waals surface area contributed by atoms with E-state index in [0.29, 0.717) is 28.2 Å². The van der Waals surface area contributed by atoms with Crippen molar-refractivity contribution < 1.29 is 4.79 Å². The monoisotopic (exact) mass is 397 g/mol. The predicted molar refractivity (Wildman–Crippen MR) is 113 cm³/mol. The van der Waals surface area contributed by atoms with Crippen LogP contribution in [0.15, 0.2) is 35.5 Å². The summed E-state index contributed by atoms with van der Waals surface area (Å²) in [4.78, 5) is 21.7. The van der Waals surface area contributed by atoms with Crippen molar-refractivity contribution in [1.82, 2.24) is 24.9 Å². The second kappa shape index (κ2) is 8.73. The first-order valence-corrected chi connectivity index (χ1v) is 10.6. The number of benzene rings is 1. The van der Waals surface area contributed by atoms with E-state index in [1.807, 2.05) is 44.2 Å². The van der Waals surface area contributed by atoms with Crippen LogP contribution in [0.5, 0.6) is 0 Å². The van der Waals surface area contributed by atoms with Gasteiger partial charge in [-0.1, -0.05) is 50.2 Å². The summed E-state index contributed by atoms with van der Waals surface area (Å²) in [5.41, 5.74) is 3.60. The fourth-order valence-corrected chi connectivity index (χ4v) is 3.82. The summed E-state index contributed by atoms with van der Waals surface area (Å²) in [5.74, 6) is 1.64. The lowest BCUT2D eigenvalue weighted by atomic mass is 10.00. The molecule has 1 amide bonds. The number of rotatable bonds is 7. The van der Waals surface area contributed by atoms with Gasteiger partial charge in [-0.2, -0.15) is 4.98 Å². The molecule has 2 heterocycles. The molecular weight excluding hydrogens is 370 g/mol. The molecule has 0 aliphatic heterocycles. The van der Waals surface area contributed by atoms with E-state index in [-0.39, 0.29) is 11.9 Å². The third-order valence-corrected chi connectivity index (χ3v) is 5.96. The molecule has 28 heavy (non-hydrogen) atoms. The second-order valence-corrected chi connectivity index (χ2v) is 8.18. The van der Waals surface area contributed by atoms with Gasteiger partial charge >= 0.3 is 0 Å². The van der Waals surface area contributed by atoms with Crippen LogP contribution in [0, 0.1) is 19.8 Å². The molecule has 3 aromatic rings. The summed E-state index contributed by atoms with van der Waals surface area (Å²) in [6, 6.07) is 9.83. The number of nitrogens with zero attached hydrogens (tertiary/aromatic N) is 4. The van der Waals surface area contributed by atoms with Crippen LogP contribution in [-0.2, 0) is 5.75 Å². The van der Waals surface area contributed by atoms with Gasteiger partial charge in [-0.15, -0.1) is 5.10 Å². The molecule has 0 aliphatic rings. The number of amides is 1. The molecule has 0 unspecified atom stereocenters. The van der Waals surface area contributed by atoms with Gasteiger partial charge in [-0.05, 0) is 44.4 Å². The first-order chi connectivity index (χ1) is 13.4. The zero-order valence-electron chi connectivity index (χ0n) is 17.1. The summed E-state index contributed by atoms with van der Waals surface area (Å²) >= 11 is 1.51. The molecule has 0 saturated carbocycles. The van der Waals surface area contributed by atoms with Crippen LogP contribution in [0.2, 0.25) is 0 Å². The van der Waals surface area contributed by atoms with Crippen molar-refractivity contribution >= 4 is 23.4 Å². The minimum Gasteiger partial charge on any atom is -0.349 e. The molecule has 2 aromatic heterocycles. The van der Waals surface area contributed by atoms with Crippen LogP contribution in [-0.4, -0.2) is 31.5 Å². The fraction of sp³-hybridized carbons (Fsp3) is 0.429. The van der Waals surface area contributed by atoms with Crippen LogP contribution in [0.4, 0.5) is 0 Å². The van der Waals surface area contributed by atoms with Gasteiger partial charge in [0.1, 0.15) is 0 Å². The highest BCUT2D eigenvalue weighted by molar-refractivity contribution is 7.98. The zero-order chi connectivity index (χ0) is 20.3. The average Bonchev–Trinajstić information content (AvgIpc) is 3.09. The van der Waals surface area contributed by atoms with Crippen molar-refractivity contribution in [3.8, 4) is 0 Å². The van der Waals surface area contributed by atoms with Crippen molar-refractivity contribution in [2.75, 3.05) is 0 Å². The predicted octanol–water partition coefficient (Wildman–Crippen LogP) is 4.20. The lowest BCUT2D eigenvalue weighted by Gasteiger charge is -2.20. The number of thioether (sulfide) groups is 1. The molecule has 0 fully saturated rings. The fourth-order valence-electron chi connectivity index (χ4n) is 3.00. The van der Waals surface area contributed by atoms with Crippen LogP contribution < -0.4 is 5.32 Å². The van der Waals surface area contributed by atoms with Crippen molar-refractivity contribution in [2.24, 2.45) is 5.92 Å². The molecular formula is C21H27N5OS. The number of fused-ring (bicyclic) bond motifs is 1. The molecule has 0 bridgehead atoms. The van der Waals surface area contributed by atoms with Crippen LogP contribution in [0.3, 0.4) is 0 Å². The molecule has 0 aliphatic carbocycles. The van der Waals surface area contributed by atoms with Crippen molar-refractivity contribution in [3.63, 3.8) is 0 Å². The smallest absolute Gasteiger partial charge is 0.253 e. The Morgan fingerprint density at radius 2 is 1.96 bits per heavy atom. The first kappa shape index (κ1) is 20.3. The van der Waals surface area contributed by atoms with E-state index < -0.39 is 0 Å². The quantitative estimate of drug-likeness (QED) is 0.605. The van der Waals surface area contributed by atoms with Gasteiger partial charge in [-0.3, -0.25) is 4.79 Å². The van der Waals surface area contributed by atoms with E-state index in [1.165, 1.54) is 11.8 Å². The average molecular weight is 398 g/mol. The summed E-state index contributed by atoms with van der Waals surface area (Å²) < 4.78 is 1.75. The van der Waals surface area contributed by atoms with Crippen LogP contribution in [0.1, 0.15) is 54.5 Å². The first-order valence-electron chi connectivity index (χ1n) is 9.61. The molecule has 3 rings (SSSR count). The zero-order valence-corrected chi connectivity index (χ0v) is 17.9. The molecule has 148 valence electrons. The molecule has 7 heteroatoms. The second-order valence-electron chi connectivity index (χ2n) is 7.24. The van der Waals surface area contributed by atoms with Crippen molar-refractivity contribution in [2.45, 2.75) is 58.0 Å². The van der Waals surface area contributed by atoms with E-state index in [1.54, 1.807) is 4.52 Å². The Bertz CT molecular complexity index is 984. The maximum atomic E-state index is 12.8. The number of aryl methyl sites for hydroxylation is 2. The lowest BCUT2D eigenvalue weighted by Crippen LogP contribution is -2.37. The van der Waals surface area contributed by atoms with Gasteiger partial charge in [0.2, 0.25) is 5.16 Å². The van der Waals surface area contributed by atoms with Gasteiger partial charge in [0, 0.05) is 28.7 Å². The number of carbonyl (C=O) groups is 1. The number of hydrogen-bond acceptors (Lipinski definition) is 5. The Balaban J connectivity index is 1.75. The molecule has 0 radical (unpaired) electrons. The third kappa shape index (κ3) is 4.52. The molecule has 2 atom stereocenters. The van der Waals surface area contributed by atoms with E-state index in [4.69, 9.17) is 0 Å². The standard InChI is InChI=1S/C21H27N5OS/c1-6-13(2)16(5)23-19(27)18-10-8-7-9-17(18)12-28-21-24-20-22-14(3)11-15(4)26(20)25-21/h7-11,13,16H,6,12H2,1-5H3,(H,23,27)/t13-,16+/m0/s1. The van der Waals surface area contributed by atoms with E-state index in [9.17, 15) is 4.79 Å². The summed E-state index contributed by atoms with van der Waals surface area (Å²) in [5, 5.41) is 8.31. The van der Waals surface area contributed by atoms with Crippen molar-refractivity contribution in [3.05, 3.63) is 52.8 Å². The largest absolute Gasteiger partial charge is 0.349 e. The van der Waals surface area contributed by atoms with Crippen LogP contribution in [0.25, 0.3) is 5.78 Å². The highest BCUT2D eigenvalue weighted by atomic mass is 32.2. The van der Waals surface area contributed by atoms with Crippen molar-refractivity contribution in [1.29, 1.82) is 0 Å². The molecule has 1 N–H and O–H groups in total. The Morgan fingerprint density at radius 3 is 2.71 bits per heavy atom. The lowest BCUT2D eigenvalue weighted by molar-refractivity contribution is 0.0927. The summed E-state index contributed by atoms with van der Waals surface area (Å²) in [6.07, 6.45) is 1.03. The maximum Gasteiger partial charge on any atom is 0.253 e. The number of nitrogens with one attached hydrogen (secondary N) is 1. The van der Waals surface area contributed by atoms with Gasteiger partial charge < -0.3 is 5.32 Å². The van der Waals surface area contributed by atoms with Gasteiger partial charge in [0.05, 0.1) is 0 Å². The minimum atomic E-state index is -0.0277. The normalized spacial score (nSPS) is 13.5. The number of aromatic nitrogens is 4. The van der Waals surface area contributed by atoms with Gasteiger partial charge in [-0.25, -0.2) is 9.50 Å². The molecule has 6 nitrogen and oxygen atoms in total. The van der Waals surface area contributed by atoms with E-state index in [2.05, 4.69) is 41.2 Å². The Kier molecular flexibility index (Phi) is 6.34. The SMILES string of the molecule is CC[C@H](C)[C@@H](C)NC(=O)c1ccccc1CSc1nc2nc(C)cc(C)n2n1. The van der Waals surface area contributed by atoms with E-state index >= 15 is 0 Å². The maximum absolute atomic E-state index is 12.8. The minimum absolute atomic E-state index is 0.0277.